The third kappa shape index (κ3) is 2.60. The highest BCUT2D eigenvalue weighted by Gasteiger charge is 2.06. The van der Waals surface area contributed by atoms with Crippen molar-refractivity contribution >= 4 is 23.2 Å². The number of hydrogen-bond acceptors (Lipinski definition) is 4. The molecule has 0 aromatic heterocycles. The maximum absolute atomic E-state index is 10.9. The van der Waals surface area contributed by atoms with Crippen LogP contribution >= 0.6 is 11.8 Å². The van der Waals surface area contributed by atoms with Gasteiger partial charge in [-0.05, 0) is 18.2 Å². The lowest BCUT2D eigenvalue weighted by Gasteiger charge is -2.04. The Morgan fingerprint density at radius 1 is 1.50 bits per heavy atom. The topological polar surface area (TPSA) is 43.4 Å². The minimum atomic E-state index is -0.0433. The quantitative estimate of drug-likeness (QED) is 0.566. The molecule has 0 atom stereocenters. The summed E-state index contributed by atoms with van der Waals surface area (Å²) in [5.41, 5.74) is 0.476. The van der Waals surface area contributed by atoms with E-state index in [0.717, 1.165) is 11.8 Å². The van der Waals surface area contributed by atoms with Gasteiger partial charge in [0.15, 0.2) is 11.4 Å². The number of methoxy groups -OCH3 is 1. The standard InChI is InChI=1S/C10H10O3S/c1-7(12)14-10-4-3-9(13-2)5-8(10)6-11/h3-6H,1-2H3. The summed E-state index contributed by atoms with van der Waals surface area (Å²) in [5.74, 6) is 0.611. The zero-order chi connectivity index (χ0) is 10.6. The van der Waals surface area contributed by atoms with Crippen LogP contribution in [0.2, 0.25) is 0 Å². The molecule has 74 valence electrons. The Bertz CT molecular complexity index is 360. The van der Waals surface area contributed by atoms with Crippen LogP contribution < -0.4 is 4.74 Å². The number of carbonyl (C=O) groups is 2. The van der Waals surface area contributed by atoms with Gasteiger partial charge in [-0.25, -0.2) is 0 Å². The average molecular weight is 210 g/mol. The molecule has 0 heterocycles. The summed E-state index contributed by atoms with van der Waals surface area (Å²) in [4.78, 5) is 22.2. The smallest absolute Gasteiger partial charge is 0.190 e. The number of benzene rings is 1. The van der Waals surface area contributed by atoms with E-state index in [1.165, 1.54) is 14.0 Å². The van der Waals surface area contributed by atoms with Crippen LogP contribution in [0.3, 0.4) is 0 Å². The van der Waals surface area contributed by atoms with E-state index in [1.807, 2.05) is 0 Å². The van der Waals surface area contributed by atoms with E-state index in [0.29, 0.717) is 22.5 Å². The minimum absolute atomic E-state index is 0.0433. The molecule has 1 aromatic rings. The molecule has 1 aromatic carbocycles. The number of thioether (sulfide) groups is 1. The summed E-state index contributed by atoms with van der Waals surface area (Å²) in [7, 11) is 1.53. The second-order valence-electron chi connectivity index (χ2n) is 2.62. The van der Waals surface area contributed by atoms with Crippen LogP contribution in [0.15, 0.2) is 23.1 Å². The fourth-order valence-corrected chi connectivity index (χ4v) is 1.66. The van der Waals surface area contributed by atoms with Crippen molar-refractivity contribution in [3.63, 3.8) is 0 Å². The molecule has 0 spiro atoms. The van der Waals surface area contributed by atoms with Gasteiger partial charge >= 0.3 is 0 Å². The predicted molar refractivity (Wildman–Crippen MR) is 54.9 cm³/mol. The Morgan fingerprint density at radius 2 is 2.21 bits per heavy atom. The van der Waals surface area contributed by atoms with Crippen molar-refractivity contribution in [3.05, 3.63) is 23.8 Å². The Balaban J connectivity index is 3.04. The van der Waals surface area contributed by atoms with Crippen molar-refractivity contribution in [1.29, 1.82) is 0 Å². The lowest BCUT2D eigenvalue weighted by atomic mass is 10.2. The van der Waals surface area contributed by atoms with Crippen LogP contribution in [-0.2, 0) is 4.79 Å². The van der Waals surface area contributed by atoms with Crippen molar-refractivity contribution in [2.45, 2.75) is 11.8 Å². The van der Waals surface area contributed by atoms with E-state index >= 15 is 0 Å². The van der Waals surface area contributed by atoms with Crippen molar-refractivity contribution in [1.82, 2.24) is 0 Å². The van der Waals surface area contributed by atoms with E-state index in [-0.39, 0.29) is 5.12 Å². The molecule has 4 heteroatoms. The molecule has 0 amide bonds. The highest BCUT2D eigenvalue weighted by Crippen LogP contribution is 2.25. The van der Waals surface area contributed by atoms with Gasteiger partial charge in [-0.1, -0.05) is 11.8 Å². The molecule has 0 bridgehead atoms. The first-order valence-electron chi connectivity index (χ1n) is 3.99. The summed E-state index contributed by atoms with van der Waals surface area (Å²) < 4.78 is 4.96. The number of carbonyl (C=O) groups excluding carboxylic acids is 2. The molecule has 0 aliphatic heterocycles. The van der Waals surface area contributed by atoms with E-state index in [1.54, 1.807) is 18.2 Å². The zero-order valence-corrected chi connectivity index (χ0v) is 8.76. The molecule has 1 rings (SSSR count). The summed E-state index contributed by atoms with van der Waals surface area (Å²) in [6, 6.07) is 5.03. The normalized spacial score (nSPS) is 9.57. The van der Waals surface area contributed by atoms with Gasteiger partial charge in [-0.3, -0.25) is 9.59 Å². The van der Waals surface area contributed by atoms with Crippen LogP contribution in [0.5, 0.6) is 5.75 Å². The molecule has 0 saturated carbocycles. The monoisotopic (exact) mass is 210 g/mol. The average Bonchev–Trinajstić information content (AvgIpc) is 2.17. The maximum Gasteiger partial charge on any atom is 0.190 e. The Morgan fingerprint density at radius 3 is 2.71 bits per heavy atom. The summed E-state index contributed by atoms with van der Waals surface area (Å²) in [6.45, 7) is 1.46. The molecule has 0 aliphatic rings. The first-order chi connectivity index (χ1) is 6.67. The maximum atomic E-state index is 10.9. The van der Waals surface area contributed by atoms with Gasteiger partial charge in [0.1, 0.15) is 5.75 Å². The van der Waals surface area contributed by atoms with Crippen molar-refractivity contribution in [3.8, 4) is 5.75 Å². The van der Waals surface area contributed by atoms with E-state index in [9.17, 15) is 9.59 Å². The van der Waals surface area contributed by atoms with Gasteiger partial charge in [-0.15, -0.1) is 0 Å². The van der Waals surface area contributed by atoms with Crippen molar-refractivity contribution in [2.24, 2.45) is 0 Å². The molecular formula is C10H10O3S. The number of rotatable bonds is 3. The largest absolute Gasteiger partial charge is 0.497 e. The number of hydrogen-bond donors (Lipinski definition) is 0. The van der Waals surface area contributed by atoms with Crippen LogP contribution in [-0.4, -0.2) is 18.5 Å². The lowest BCUT2D eigenvalue weighted by Crippen LogP contribution is -1.91. The molecule has 0 N–H and O–H groups in total. The summed E-state index contributed by atoms with van der Waals surface area (Å²) >= 11 is 1.04. The van der Waals surface area contributed by atoms with Crippen molar-refractivity contribution < 1.29 is 14.3 Å². The van der Waals surface area contributed by atoms with Crippen molar-refractivity contribution in [2.75, 3.05) is 7.11 Å². The highest BCUT2D eigenvalue weighted by molar-refractivity contribution is 8.13. The van der Waals surface area contributed by atoms with Gasteiger partial charge in [-0.2, -0.15) is 0 Å². The second kappa shape index (κ2) is 4.81. The van der Waals surface area contributed by atoms with Gasteiger partial charge in [0, 0.05) is 17.4 Å². The SMILES string of the molecule is COc1ccc(SC(C)=O)c(C=O)c1. The van der Waals surface area contributed by atoms with Gasteiger partial charge < -0.3 is 4.74 Å². The number of ether oxygens (including phenoxy) is 1. The third-order valence-electron chi connectivity index (χ3n) is 1.60. The van der Waals surface area contributed by atoms with E-state index in [2.05, 4.69) is 0 Å². The molecular weight excluding hydrogens is 200 g/mol. The molecule has 0 fully saturated rings. The fraction of sp³-hybridized carbons (Fsp3) is 0.200. The fourth-order valence-electron chi connectivity index (χ4n) is 0.993. The Hall–Kier alpha value is -1.29. The van der Waals surface area contributed by atoms with Crippen LogP contribution in [0.1, 0.15) is 17.3 Å². The summed E-state index contributed by atoms with van der Waals surface area (Å²) in [5, 5.41) is -0.0433. The van der Waals surface area contributed by atoms with E-state index in [4.69, 9.17) is 4.74 Å². The minimum Gasteiger partial charge on any atom is -0.497 e. The zero-order valence-electron chi connectivity index (χ0n) is 7.94. The number of aldehydes is 1. The van der Waals surface area contributed by atoms with Crippen LogP contribution in [0, 0.1) is 0 Å². The Kier molecular flexibility index (Phi) is 3.71. The Labute approximate surface area is 86.5 Å². The molecule has 0 saturated heterocycles. The molecule has 14 heavy (non-hydrogen) atoms. The molecule has 0 unspecified atom stereocenters. The predicted octanol–water partition coefficient (Wildman–Crippen LogP) is 2.15. The molecule has 0 radical (unpaired) electrons. The highest BCUT2D eigenvalue weighted by atomic mass is 32.2. The van der Waals surface area contributed by atoms with Gasteiger partial charge in [0.2, 0.25) is 0 Å². The van der Waals surface area contributed by atoms with Crippen LogP contribution in [0.4, 0.5) is 0 Å². The van der Waals surface area contributed by atoms with Gasteiger partial charge in [0.25, 0.3) is 0 Å². The second-order valence-corrected chi connectivity index (χ2v) is 3.83. The lowest BCUT2D eigenvalue weighted by molar-refractivity contribution is -0.109. The summed E-state index contributed by atoms with van der Waals surface area (Å²) in [6.07, 6.45) is 0.716. The van der Waals surface area contributed by atoms with Crippen LogP contribution in [0.25, 0.3) is 0 Å². The van der Waals surface area contributed by atoms with Gasteiger partial charge in [0.05, 0.1) is 7.11 Å². The third-order valence-corrected chi connectivity index (χ3v) is 2.48. The molecule has 0 aliphatic carbocycles. The first-order valence-corrected chi connectivity index (χ1v) is 4.80. The first kappa shape index (κ1) is 10.8. The molecule has 3 nitrogen and oxygen atoms in total. The van der Waals surface area contributed by atoms with E-state index < -0.39 is 0 Å².